The van der Waals surface area contributed by atoms with Crippen molar-refractivity contribution in [1.82, 2.24) is 9.55 Å². The van der Waals surface area contributed by atoms with Crippen LogP contribution < -0.4 is 0 Å². The average molecular weight is 298 g/mol. The summed E-state index contributed by atoms with van der Waals surface area (Å²) in [6.07, 6.45) is -0.557. The van der Waals surface area contributed by atoms with Crippen LogP contribution in [0.1, 0.15) is 31.2 Å². The first kappa shape index (κ1) is 15.6. The maximum absolute atomic E-state index is 13.6. The summed E-state index contributed by atoms with van der Waals surface area (Å²) in [5.41, 5.74) is -3.34. The summed E-state index contributed by atoms with van der Waals surface area (Å²) < 4.78 is 42.0. The molecule has 0 radical (unpaired) electrons. The van der Waals surface area contributed by atoms with E-state index in [2.05, 4.69) is 4.98 Å². The lowest BCUT2D eigenvalue weighted by Crippen LogP contribution is -2.45. The molecule has 1 heterocycles. The molecule has 0 aliphatic rings. The van der Waals surface area contributed by atoms with Crippen molar-refractivity contribution < 1.29 is 18.3 Å². The number of unbranched alkanes of at least 4 members (excludes halogenated alkanes) is 1. The zero-order valence-corrected chi connectivity index (χ0v) is 11.6. The smallest absolute Gasteiger partial charge is 0.370 e. The Balaban J connectivity index is 2.55. The van der Waals surface area contributed by atoms with Gasteiger partial charge >= 0.3 is 6.18 Å². The van der Waals surface area contributed by atoms with Crippen LogP contribution in [0.25, 0.3) is 0 Å². The zero-order chi connectivity index (χ0) is 15.5. The maximum Gasteiger partial charge on any atom is 0.428 e. The minimum absolute atomic E-state index is 0.235. The third-order valence-corrected chi connectivity index (χ3v) is 3.39. The summed E-state index contributed by atoms with van der Waals surface area (Å²) in [6.45, 7) is 2.33. The molecule has 0 aliphatic heterocycles. The molecule has 1 aromatic carbocycles. The summed E-state index contributed by atoms with van der Waals surface area (Å²) >= 11 is 0. The number of rotatable bonds is 5. The van der Waals surface area contributed by atoms with Gasteiger partial charge in [-0.1, -0.05) is 43.7 Å². The van der Waals surface area contributed by atoms with Crippen LogP contribution in [0.2, 0.25) is 0 Å². The molecule has 0 amide bonds. The van der Waals surface area contributed by atoms with Crippen LogP contribution in [0.4, 0.5) is 13.2 Å². The number of imidazole rings is 1. The molecule has 0 spiro atoms. The molecule has 6 heteroatoms. The van der Waals surface area contributed by atoms with Crippen LogP contribution in [-0.4, -0.2) is 20.8 Å². The van der Waals surface area contributed by atoms with Crippen LogP contribution >= 0.6 is 0 Å². The van der Waals surface area contributed by atoms with Gasteiger partial charge < -0.3 is 9.67 Å². The van der Waals surface area contributed by atoms with Gasteiger partial charge in [0.25, 0.3) is 0 Å². The maximum atomic E-state index is 13.6. The standard InChI is InChI=1S/C15H17F3N2O/c1-2-3-10-20-11-9-19-13(20)14(21,15(16,17)18)12-7-5-4-6-8-12/h4-9,11,21H,2-3,10H2,1H3. The summed E-state index contributed by atoms with van der Waals surface area (Å²) in [7, 11) is 0. The SMILES string of the molecule is CCCCn1ccnc1C(O)(c1ccccc1)C(F)(F)F. The van der Waals surface area contributed by atoms with E-state index < -0.39 is 17.6 Å². The van der Waals surface area contributed by atoms with Crippen LogP contribution in [0, 0.1) is 0 Å². The van der Waals surface area contributed by atoms with Crippen molar-refractivity contribution in [2.75, 3.05) is 0 Å². The average Bonchev–Trinajstić information content (AvgIpc) is 2.92. The number of hydrogen-bond acceptors (Lipinski definition) is 2. The third kappa shape index (κ3) is 2.81. The number of aryl methyl sites for hydroxylation is 1. The molecule has 0 fully saturated rings. The largest absolute Gasteiger partial charge is 0.428 e. The van der Waals surface area contributed by atoms with Gasteiger partial charge in [0.1, 0.15) is 0 Å². The molecular weight excluding hydrogens is 281 g/mol. The molecule has 1 aromatic heterocycles. The molecule has 3 nitrogen and oxygen atoms in total. The lowest BCUT2D eigenvalue weighted by atomic mass is 9.92. The quantitative estimate of drug-likeness (QED) is 0.917. The van der Waals surface area contributed by atoms with Gasteiger partial charge in [0.15, 0.2) is 5.82 Å². The Morgan fingerprint density at radius 2 is 1.86 bits per heavy atom. The number of aliphatic hydroxyl groups is 1. The number of hydrogen-bond donors (Lipinski definition) is 1. The summed E-state index contributed by atoms with van der Waals surface area (Å²) in [4.78, 5) is 3.78. The molecule has 2 aromatic rings. The lowest BCUT2D eigenvalue weighted by Gasteiger charge is -2.30. The van der Waals surface area contributed by atoms with Crippen molar-refractivity contribution in [2.24, 2.45) is 0 Å². The van der Waals surface area contributed by atoms with Gasteiger partial charge in [-0.05, 0) is 6.42 Å². The number of nitrogens with zero attached hydrogens (tertiary/aromatic N) is 2. The number of alkyl halides is 3. The first-order valence-electron chi connectivity index (χ1n) is 6.77. The van der Waals surface area contributed by atoms with E-state index in [1.807, 2.05) is 6.92 Å². The van der Waals surface area contributed by atoms with Crippen LogP contribution in [0.3, 0.4) is 0 Å². The normalized spacial score (nSPS) is 14.9. The minimum atomic E-state index is -4.86. The van der Waals surface area contributed by atoms with E-state index in [1.165, 1.54) is 41.2 Å². The highest BCUT2D eigenvalue weighted by Gasteiger charge is 2.58. The molecular formula is C15H17F3N2O. The minimum Gasteiger partial charge on any atom is -0.370 e. The highest BCUT2D eigenvalue weighted by molar-refractivity contribution is 5.32. The van der Waals surface area contributed by atoms with E-state index in [9.17, 15) is 18.3 Å². The van der Waals surface area contributed by atoms with E-state index in [0.717, 1.165) is 6.42 Å². The fraction of sp³-hybridized carbons (Fsp3) is 0.400. The Hall–Kier alpha value is -1.82. The fourth-order valence-electron chi connectivity index (χ4n) is 2.24. The molecule has 1 unspecified atom stereocenters. The van der Waals surface area contributed by atoms with Gasteiger partial charge in [-0.15, -0.1) is 0 Å². The predicted octanol–water partition coefficient (Wildman–Crippen LogP) is 3.48. The van der Waals surface area contributed by atoms with Crippen molar-refractivity contribution in [3.05, 3.63) is 54.1 Å². The molecule has 2 rings (SSSR count). The molecule has 1 N–H and O–H groups in total. The Kier molecular flexibility index (Phi) is 4.37. The number of benzene rings is 1. The summed E-state index contributed by atoms with van der Waals surface area (Å²) in [5.74, 6) is -0.394. The van der Waals surface area contributed by atoms with Crippen molar-refractivity contribution in [2.45, 2.75) is 38.1 Å². The highest BCUT2D eigenvalue weighted by atomic mass is 19.4. The van der Waals surface area contributed by atoms with Gasteiger partial charge in [0.05, 0.1) is 0 Å². The Morgan fingerprint density at radius 1 is 1.19 bits per heavy atom. The van der Waals surface area contributed by atoms with Crippen LogP contribution in [0.15, 0.2) is 42.7 Å². The highest BCUT2D eigenvalue weighted by Crippen LogP contribution is 2.43. The van der Waals surface area contributed by atoms with Crippen molar-refractivity contribution >= 4 is 0 Å². The Morgan fingerprint density at radius 3 is 2.43 bits per heavy atom. The zero-order valence-electron chi connectivity index (χ0n) is 11.6. The summed E-state index contributed by atoms with van der Waals surface area (Å²) in [6, 6.07) is 7.04. The van der Waals surface area contributed by atoms with Gasteiger partial charge in [-0.25, -0.2) is 4.98 Å². The van der Waals surface area contributed by atoms with Crippen LogP contribution in [0.5, 0.6) is 0 Å². The second-order valence-corrected chi connectivity index (χ2v) is 4.87. The van der Waals surface area contributed by atoms with Crippen molar-refractivity contribution in [3.63, 3.8) is 0 Å². The van der Waals surface area contributed by atoms with Crippen molar-refractivity contribution in [3.8, 4) is 0 Å². The van der Waals surface area contributed by atoms with E-state index >= 15 is 0 Å². The molecule has 1 atom stereocenters. The van der Waals surface area contributed by atoms with E-state index in [0.29, 0.717) is 13.0 Å². The third-order valence-electron chi connectivity index (χ3n) is 3.39. The van der Waals surface area contributed by atoms with Gasteiger partial charge in [-0.3, -0.25) is 0 Å². The molecule has 0 bridgehead atoms. The fourth-order valence-corrected chi connectivity index (χ4v) is 2.24. The second-order valence-electron chi connectivity index (χ2n) is 4.87. The first-order valence-corrected chi connectivity index (χ1v) is 6.77. The van der Waals surface area contributed by atoms with Gasteiger partial charge in [0.2, 0.25) is 5.60 Å². The number of halogens is 3. The molecule has 114 valence electrons. The van der Waals surface area contributed by atoms with Crippen molar-refractivity contribution in [1.29, 1.82) is 0 Å². The Labute approximate surface area is 121 Å². The lowest BCUT2D eigenvalue weighted by molar-refractivity contribution is -0.252. The van der Waals surface area contributed by atoms with E-state index in [4.69, 9.17) is 0 Å². The first-order chi connectivity index (χ1) is 9.91. The molecule has 0 aliphatic carbocycles. The van der Waals surface area contributed by atoms with Gasteiger partial charge in [-0.2, -0.15) is 13.2 Å². The molecule has 0 saturated carbocycles. The number of aromatic nitrogens is 2. The molecule has 0 saturated heterocycles. The predicted molar refractivity (Wildman–Crippen MR) is 72.6 cm³/mol. The monoisotopic (exact) mass is 298 g/mol. The second kappa shape index (κ2) is 5.89. The van der Waals surface area contributed by atoms with Gasteiger partial charge in [0, 0.05) is 24.5 Å². The molecule has 21 heavy (non-hydrogen) atoms. The topological polar surface area (TPSA) is 38.0 Å². The summed E-state index contributed by atoms with van der Waals surface area (Å²) in [5, 5.41) is 10.5. The van der Waals surface area contributed by atoms with Crippen LogP contribution in [-0.2, 0) is 12.1 Å². The van der Waals surface area contributed by atoms with E-state index in [-0.39, 0.29) is 5.56 Å². The Bertz CT molecular complexity index is 580. The van der Waals surface area contributed by atoms with E-state index in [1.54, 1.807) is 6.07 Å².